The Bertz CT molecular complexity index is 919. The van der Waals surface area contributed by atoms with Gasteiger partial charge < -0.3 is 9.47 Å². The number of carbonyl (C=O) groups excluding carboxylic acids is 2. The molecular formula is C19H19Cl2FN2O4. The number of esters is 2. The Hall–Kier alpha value is -2.25. The van der Waals surface area contributed by atoms with Crippen LogP contribution >= 0.6 is 23.2 Å². The maximum atomic E-state index is 14.5. The number of hydrogen-bond acceptors (Lipinski definition) is 6. The molecule has 1 aromatic carbocycles. The van der Waals surface area contributed by atoms with Crippen molar-refractivity contribution < 1.29 is 23.5 Å². The van der Waals surface area contributed by atoms with E-state index in [4.69, 9.17) is 32.7 Å². The molecule has 0 saturated heterocycles. The fourth-order valence-electron chi connectivity index (χ4n) is 2.36. The Labute approximate surface area is 172 Å². The van der Waals surface area contributed by atoms with Crippen molar-refractivity contribution in [1.82, 2.24) is 9.97 Å². The number of benzene rings is 1. The van der Waals surface area contributed by atoms with E-state index in [1.54, 1.807) is 6.92 Å². The van der Waals surface area contributed by atoms with Crippen LogP contribution in [0.5, 0.6) is 0 Å². The molecule has 28 heavy (non-hydrogen) atoms. The highest BCUT2D eigenvalue weighted by Gasteiger charge is 2.35. The zero-order valence-electron chi connectivity index (χ0n) is 15.8. The summed E-state index contributed by atoms with van der Waals surface area (Å²) in [5, 5.41) is 0.00388. The Morgan fingerprint density at radius 1 is 1.18 bits per heavy atom. The minimum absolute atomic E-state index is 0.0348. The van der Waals surface area contributed by atoms with E-state index in [0.29, 0.717) is 12.1 Å². The quantitative estimate of drug-likeness (QED) is 0.622. The molecule has 0 radical (unpaired) electrons. The number of halogens is 3. The summed E-state index contributed by atoms with van der Waals surface area (Å²) in [6, 6.07) is 2.16. The zero-order valence-corrected chi connectivity index (χ0v) is 17.3. The third-order valence-corrected chi connectivity index (χ3v) is 4.55. The lowest BCUT2D eigenvalue weighted by atomic mass is 10.1. The molecule has 9 heteroatoms. The second-order valence-electron chi connectivity index (χ2n) is 6.27. The minimum atomic E-state index is -1.55. The number of rotatable bonds is 6. The first-order valence-electron chi connectivity index (χ1n) is 8.51. The van der Waals surface area contributed by atoms with Gasteiger partial charge in [0.05, 0.1) is 33.6 Å². The predicted octanol–water partition coefficient (Wildman–Crippen LogP) is 4.65. The van der Waals surface area contributed by atoms with Crippen LogP contribution < -0.4 is 0 Å². The third kappa shape index (κ3) is 4.59. The summed E-state index contributed by atoms with van der Waals surface area (Å²) in [4.78, 5) is 32.6. The Balaban J connectivity index is 2.47. The average molecular weight is 429 g/mol. The summed E-state index contributed by atoms with van der Waals surface area (Å²) in [7, 11) is 0. The van der Waals surface area contributed by atoms with Crippen LogP contribution in [0.25, 0.3) is 11.3 Å². The van der Waals surface area contributed by atoms with Crippen LogP contribution in [0.3, 0.4) is 0 Å². The summed E-state index contributed by atoms with van der Waals surface area (Å²) >= 11 is 12.3. The van der Waals surface area contributed by atoms with Gasteiger partial charge in [0.25, 0.3) is 0 Å². The molecule has 0 aliphatic carbocycles. The van der Waals surface area contributed by atoms with Gasteiger partial charge in [-0.15, -0.1) is 0 Å². The van der Waals surface area contributed by atoms with Crippen molar-refractivity contribution >= 4 is 35.1 Å². The fraction of sp³-hybridized carbons (Fsp3) is 0.368. The molecule has 0 saturated carbocycles. The molecular weight excluding hydrogens is 410 g/mol. The predicted molar refractivity (Wildman–Crippen MR) is 103 cm³/mol. The molecule has 0 spiro atoms. The van der Waals surface area contributed by atoms with Crippen molar-refractivity contribution in [1.29, 1.82) is 0 Å². The molecule has 6 nitrogen and oxygen atoms in total. The Morgan fingerprint density at radius 2 is 1.86 bits per heavy atom. The summed E-state index contributed by atoms with van der Waals surface area (Å²) < 4.78 is 24.7. The maximum absolute atomic E-state index is 14.5. The highest BCUT2D eigenvalue weighted by atomic mass is 35.5. The maximum Gasteiger partial charge on any atom is 0.350 e. The van der Waals surface area contributed by atoms with E-state index in [9.17, 15) is 14.0 Å². The van der Waals surface area contributed by atoms with Gasteiger partial charge in [-0.2, -0.15) is 0 Å². The Kier molecular flexibility index (Phi) is 6.96. The third-order valence-electron chi connectivity index (χ3n) is 3.84. The molecule has 0 aliphatic rings. The van der Waals surface area contributed by atoms with Crippen LogP contribution in [0, 0.1) is 5.82 Å². The molecule has 150 valence electrons. The van der Waals surface area contributed by atoms with Gasteiger partial charge in [0.2, 0.25) is 5.60 Å². The van der Waals surface area contributed by atoms with Gasteiger partial charge in [-0.3, -0.25) is 0 Å². The van der Waals surface area contributed by atoms with Crippen LogP contribution in [0.1, 0.15) is 43.7 Å². The van der Waals surface area contributed by atoms with E-state index in [1.165, 1.54) is 26.2 Å². The number of aryl methyl sites for hydroxylation is 1. The number of hydrogen-bond donors (Lipinski definition) is 0. The highest BCUT2D eigenvalue weighted by Crippen LogP contribution is 2.33. The summed E-state index contributed by atoms with van der Waals surface area (Å²) in [5.74, 6) is -2.34. The molecule has 0 N–H and O–H groups in total. The van der Waals surface area contributed by atoms with Crippen LogP contribution in [-0.2, 0) is 20.7 Å². The molecule has 0 bridgehead atoms. The Morgan fingerprint density at radius 3 is 2.46 bits per heavy atom. The summed E-state index contributed by atoms with van der Waals surface area (Å²) in [5.41, 5.74) is -1.06. The number of carbonyl (C=O) groups is 2. The van der Waals surface area contributed by atoms with Gasteiger partial charge in [0.15, 0.2) is 0 Å². The number of aromatic nitrogens is 2. The molecule has 2 rings (SSSR count). The smallest absolute Gasteiger partial charge is 0.350 e. The lowest BCUT2D eigenvalue weighted by Crippen LogP contribution is -2.38. The van der Waals surface area contributed by atoms with Gasteiger partial charge in [0.1, 0.15) is 12.1 Å². The molecule has 1 aromatic heterocycles. The van der Waals surface area contributed by atoms with Gasteiger partial charge in [0, 0.05) is 5.56 Å². The first-order chi connectivity index (χ1) is 13.1. The van der Waals surface area contributed by atoms with E-state index in [1.807, 2.05) is 6.92 Å². The fourth-order valence-corrected chi connectivity index (χ4v) is 2.92. The van der Waals surface area contributed by atoms with Gasteiger partial charge in [-0.25, -0.2) is 23.9 Å². The summed E-state index contributed by atoms with van der Waals surface area (Å²) in [6.45, 7) is 6.38. The van der Waals surface area contributed by atoms with Crippen molar-refractivity contribution in [2.45, 2.75) is 39.7 Å². The minimum Gasteiger partial charge on any atom is -0.463 e. The van der Waals surface area contributed by atoms with E-state index in [0.717, 1.165) is 6.07 Å². The first kappa shape index (κ1) is 22.0. The van der Waals surface area contributed by atoms with Crippen molar-refractivity contribution in [2.75, 3.05) is 6.61 Å². The van der Waals surface area contributed by atoms with Crippen LogP contribution in [-0.4, -0.2) is 34.1 Å². The average Bonchev–Trinajstić information content (AvgIpc) is 2.62. The van der Waals surface area contributed by atoms with Gasteiger partial charge >= 0.3 is 11.9 Å². The molecule has 2 aromatic rings. The van der Waals surface area contributed by atoms with Crippen molar-refractivity contribution in [3.8, 4) is 11.3 Å². The van der Waals surface area contributed by atoms with E-state index in [-0.39, 0.29) is 33.5 Å². The van der Waals surface area contributed by atoms with Crippen molar-refractivity contribution in [2.24, 2.45) is 0 Å². The van der Waals surface area contributed by atoms with Crippen LogP contribution in [0.15, 0.2) is 18.5 Å². The topological polar surface area (TPSA) is 78.4 Å². The number of ether oxygens (including phenoxy) is 2. The van der Waals surface area contributed by atoms with Crippen molar-refractivity contribution in [3.63, 3.8) is 0 Å². The van der Waals surface area contributed by atoms with Gasteiger partial charge in [-0.05, 0) is 39.3 Å². The lowest BCUT2D eigenvalue weighted by Gasteiger charge is -2.23. The summed E-state index contributed by atoms with van der Waals surface area (Å²) in [6.07, 6.45) is 1.78. The zero-order chi connectivity index (χ0) is 21.1. The largest absolute Gasteiger partial charge is 0.463 e. The lowest BCUT2D eigenvalue weighted by molar-refractivity contribution is -0.161. The van der Waals surface area contributed by atoms with E-state index < -0.39 is 23.4 Å². The monoisotopic (exact) mass is 428 g/mol. The van der Waals surface area contributed by atoms with Crippen LogP contribution in [0.4, 0.5) is 4.39 Å². The molecule has 0 fully saturated rings. The molecule has 0 atom stereocenters. The van der Waals surface area contributed by atoms with Crippen LogP contribution in [0.2, 0.25) is 10.0 Å². The van der Waals surface area contributed by atoms with Crippen molar-refractivity contribution in [3.05, 3.63) is 45.6 Å². The molecule has 0 aliphatic heterocycles. The second-order valence-corrected chi connectivity index (χ2v) is 7.05. The van der Waals surface area contributed by atoms with E-state index >= 15 is 0 Å². The highest BCUT2D eigenvalue weighted by molar-refractivity contribution is 6.34. The number of nitrogens with zero attached hydrogens (tertiary/aromatic N) is 2. The standard InChI is InChI=1S/C19H19Cl2FN2O4/c1-5-14-15(21)16(24-9-23-14)11-7-10(12(20)8-13(11)22)17(25)28-19(3,4)18(26)27-6-2/h7-9H,5-6H2,1-4H3. The van der Waals surface area contributed by atoms with Gasteiger partial charge in [-0.1, -0.05) is 30.1 Å². The normalized spacial score (nSPS) is 11.2. The second kappa shape index (κ2) is 8.84. The first-order valence-corrected chi connectivity index (χ1v) is 9.27. The SMILES string of the molecule is CCOC(=O)C(C)(C)OC(=O)c1cc(-c2ncnc(CC)c2Cl)c(F)cc1Cl. The van der Waals surface area contributed by atoms with E-state index in [2.05, 4.69) is 9.97 Å². The molecule has 0 amide bonds. The molecule has 0 unspecified atom stereocenters. The molecule has 1 heterocycles.